The van der Waals surface area contributed by atoms with Crippen LogP contribution in [0.4, 0.5) is 0 Å². The van der Waals surface area contributed by atoms with Gasteiger partial charge in [-0.25, -0.2) is 0 Å². The Morgan fingerprint density at radius 2 is 1.89 bits per heavy atom. The van der Waals surface area contributed by atoms with Crippen LogP contribution in [0.15, 0.2) is 0 Å². The molecule has 3 heteroatoms. The molecule has 0 unspecified atom stereocenters. The maximum absolute atomic E-state index is 12.3. The molecule has 0 aromatic rings. The summed E-state index contributed by atoms with van der Waals surface area (Å²) in [4.78, 5) is 12.3. The molecule has 0 N–H and O–H groups in total. The third-order valence-corrected chi connectivity index (χ3v) is 5.84. The highest BCUT2D eigenvalue weighted by atomic mass is 16.7. The number of carbonyl (C=O) groups excluding carboxylic acids is 1. The summed E-state index contributed by atoms with van der Waals surface area (Å²) in [6.07, 6.45) is 4.29. The summed E-state index contributed by atoms with van der Waals surface area (Å²) >= 11 is 0. The van der Waals surface area contributed by atoms with E-state index in [0.29, 0.717) is 0 Å². The fourth-order valence-corrected chi connectivity index (χ4v) is 4.07. The van der Waals surface area contributed by atoms with Crippen molar-refractivity contribution < 1.29 is 14.3 Å². The van der Waals surface area contributed by atoms with Crippen LogP contribution in [0.3, 0.4) is 0 Å². The average molecular weight is 252 g/mol. The molecular formula is C15H24O3. The van der Waals surface area contributed by atoms with Gasteiger partial charge in [-0.15, -0.1) is 0 Å². The summed E-state index contributed by atoms with van der Waals surface area (Å²) in [6.45, 7) is 10.4. The van der Waals surface area contributed by atoms with E-state index in [-0.39, 0.29) is 28.3 Å². The summed E-state index contributed by atoms with van der Waals surface area (Å²) < 4.78 is 12.1. The predicted molar refractivity (Wildman–Crippen MR) is 67.8 cm³/mol. The van der Waals surface area contributed by atoms with Crippen LogP contribution >= 0.6 is 0 Å². The van der Waals surface area contributed by atoms with Gasteiger partial charge in [-0.1, -0.05) is 27.7 Å². The summed E-state index contributed by atoms with van der Waals surface area (Å²) in [5.41, 5.74) is -0.268. The molecule has 1 heterocycles. The van der Waals surface area contributed by atoms with E-state index in [1.165, 1.54) is 12.8 Å². The van der Waals surface area contributed by atoms with Crippen LogP contribution in [0.2, 0.25) is 0 Å². The van der Waals surface area contributed by atoms with E-state index in [9.17, 15) is 4.79 Å². The van der Waals surface area contributed by atoms with Crippen LogP contribution < -0.4 is 0 Å². The van der Waals surface area contributed by atoms with Crippen LogP contribution in [-0.4, -0.2) is 17.4 Å². The zero-order chi connectivity index (χ0) is 13.4. The summed E-state index contributed by atoms with van der Waals surface area (Å²) in [6, 6.07) is 0. The lowest BCUT2D eigenvalue weighted by molar-refractivity contribution is -0.391. The molecule has 0 aromatic carbocycles. The molecule has 4 atom stereocenters. The number of carbonyl (C=O) groups is 1. The minimum atomic E-state index is -0.799. The standard InChI is InChI=1S/C15H24O3/c1-12(2,3)14(5)17-11(16)10-9-13(4)7-6-8-15(10,13)18-14/h10H,6-9H2,1-5H3/t10-,13+,14+,15-/m1/s1. The fraction of sp³-hybridized carbons (Fsp3) is 0.933. The smallest absolute Gasteiger partial charge is 0.314 e. The van der Waals surface area contributed by atoms with Crippen molar-refractivity contribution in [1.82, 2.24) is 0 Å². The van der Waals surface area contributed by atoms with E-state index in [1.54, 1.807) is 0 Å². The molecule has 1 aliphatic heterocycles. The minimum Gasteiger partial charge on any atom is -0.432 e. The predicted octanol–water partition coefficient (Wildman–Crippen LogP) is 3.27. The molecule has 0 radical (unpaired) electrons. The fourth-order valence-electron chi connectivity index (χ4n) is 4.07. The molecule has 1 saturated heterocycles. The Morgan fingerprint density at radius 1 is 1.22 bits per heavy atom. The van der Waals surface area contributed by atoms with Gasteiger partial charge < -0.3 is 9.47 Å². The van der Waals surface area contributed by atoms with Gasteiger partial charge in [-0.05, 0) is 31.1 Å². The van der Waals surface area contributed by atoms with E-state index in [4.69, 9.17) is 9.47 Å². The molecule has 102 valence electrons. The minimum absolute atomic E-state index is 0.0274. The Labute approximate surface area is 109 Å². The molecule has 1 spiro atoms. The van der Waals surface area contributed by atoms with E-state index in [0.717, 1.165) is 12.8 Å². The second-order valence-electron chi connectivity index (χ2n) is 7.78. The normalized spacial score (nSPS) is 51.2. The van der Waals surface area contributed by atoms with Crippen molar-refractivity contribution >= 4 is 5.97 Å². The zero-order valence-electron chi connectivity index (χ0n) is 12.1. The number of hydrogen-bond donors (Lipinski definition) is 0. The van der Waals surface area contributed by atoms with E-state index in [2.05, 4.69) is 27.7 Å². The van der Waals surface area contributed by atoms with Gasteiger partial charge in [0.25, 0.3) is 0 Å². The SMILES string of the molecule is CC(C)(C)[C@@]1(C)OC(=O)[C@H]2C[C@]3(C)CCC[C@@]23O1. The number of ether oxygens (including phenoxy) is 2. The second kappa shape index (κ2) is 3.12. The monoisotopic (exact) mass is 252 g/mol. The highest BCUT2D eigenvalue weighted by Gasteiger charge is 2.74. The highest BCUT2D eigenvalue weighted by molar-refractivity contribution is 5.77. The van der Waals surface area contributed by atoms with Gasteiger partial charge in [0.05, 0.1) is 11.5 Å². The van der Waals surface area contributed by atoms with Crippen molar-refractivity contribution in [1.29, 1.82) is 0 Å². The first kappa shape index (κ1) is 12.5. The number of rotatable bonds is 0. The quantitative estimate of drug-likeness (QED) is 0.621. The first-order valence-electron chi connectivity index (χ1n) is 7.07. The summed E-state index contributed by atoms with van der Waals surface area (Å²) in [5, 5.41) is 0. The molecule has 3 aliphatic rings. The van der Waals surface area contributed by atoms with E-state index < -0.39 is 5.79 Å². The van der Waals surface area contributed by atoms with Crippen LogP contribution in [0, 0.1) is 16.7 Å². The largest absolute Gasteiger partial charge is 0.432 e. The van der Waals surface area contributed by atoms with Crippen LogP contribution in [-0.2, 0) is 14.3 Å². The highest BCUT2D eigenvalue weighted by Crippen LogP contribution is 2.69. The second-order valence-corrected chi connectivity index (χ2v) is 7.78. The Morgan fingerprint density at radius 3 is 2.44 bits per heavy atom. The lowest BCUT2D eigenvalue weighted by atomic mass is 9.52. The molecule has 0 aromatic heterocycles. The maximum Gasteiger partial charge on any atom is 0.314 e. The number of hydrogen-bond acceptors (Lipinski definition) is 3. The van der Waals surface area contributed by atoms with Crippen LogP contribution in [0.5, 0.6) is 0 Å². The summed E-state index contributed by atoms with van der Waals surface area (Å²) in [7, 11) is 0. The third-order valence-electron chi connectivity index (χ3n) is 5.84. The van der Waals surface area contributed by atoms with Crippen molar-refractivity contribution in [2.45, 2.75) is 71.7 Å². The van der Waals surface area contributed by atoms with E-state index in [1.807, 2.05) is 6.92 Å². The first-order valence-corrected chi connectivity index (χ1v) is 7.07. The number of esters is 1. The Kier molecular flexibility index (Phi) is 2.16. The Hall–Kier alpha value is -0.570. The topological polar surface area (TPSA) is 35.5 Å². The zero-order valence-corrected chi connectivity index (χ0v) is 12.1. The van der Waals surface area contributed by atoms with Crippen molar-refractivity contribution in [3.05, 3.63) is 0 Å². The van der Waals surface area contributed by atoms with Gasteiger partial charge in [0.1, 0.15) is 0 Å². The van der Waals surface area contributed by atoms with Gasteiger partial charge in [-0.2, -0.15) is 0 Å². The molecule has 2 aliphatic carbocycles. The van der Waals surface area contributed by atoms with Gasteiger partial charge in [0.2, 0.25) is 5.79 Å². The van der Waals surface area contributed by atoms with Crippen molar-refractivity contribution in [2.24, 2.45) is 16.7 Å². The molecule has 0 bridgehead atoms. The Balaban J connectivity index is 2.00. The summed E-state index contributed by atoms with van der Waals surface area (Å²) in [5.74, 6) is -0.870. The van der Waals surface area contributed by atoms with Gasteiger partial charge >= 0.3 is 5.97 Å². The van der Waals surface area contributed by atoms with Crippen LogP contribution in [0.1, 0.15) is 60.3 Å². The molecule has 2 saturated carbocycles. The van der Waals surface area contributed by atoms with Gasteiger partial charge in [-0.3, -0.25) is 4.79 Å². The molecular weight excluding hydrogens is 228 g/mol. The molecule has 0 amide bonds. The van der Waals surface area contributed by atoms with E-state index >= 15 is 0 Å². The molecule has 3 rings (SSSR count). The molecule has 18 heavy (non-hydrogen) atoms. The third kappa shape index (κ3) is 1.21. The number of cyclic esters (lactones) is 1. The molecule has 3 fully saturated rings. The van der Waals surface area contributed by atoms with Crippen molar-refractivity contribution in [3.63, 3.8) is 0 Å². The van der Waals surface area contributed by atoms with Gasteiger partial charge in [0, 0.05) is 12.3 Å². The Bertz CT molecular complexity index is 410. The van der Waals surface area contributed by atoms with Crippen LogP contribution in [0.25, 0.3) is 0 Å². The first-order chi connectivity index (χ1) is 8.14. The van der Waals surface area contributed by atoms with Crippen molar-refractivity contribution in [3.8, 4) is 0 Å². The molecule has 3 nitrogen and oxygen atoms in total. The maximum atomic E-state index is 12.3. The lowest BCUT2D eigenvalue weighted by Crippen LogP contribution is -2.72. The van der Waals surface area contributed by atoms with Gasteiger partial charge in [0.15, 0.2) is 0 Å². The van der Waals surface area contributed by atoms with Crippen molar-refractivity contribution in [2.75, 3.05) is 0 Å². The average Bonchev–Trinajstić information content (AvgIpc) is 2.42. The lowest BCUT2D eigenvalue weighted by Gasteiger charge is -2.65.